The van der Waals surface area contributed by atoms with Crippen molar-refractivity contribution in [2.24, 2.45) is 5.73 Å². The number of hydrogen-bond acceptors (Lipinski definition) is 2. The number of rotatable bonds is 5. The zero-order valence-corrected chi connectivity index (χ0v) is 9.17. The summed E-state index contributed by atoms with van der Waals surface area (Å²) >= 11 is 0. The third-order valence-corrected chi connectivity index (χ3v) is 2.38. The molecule has 0 aliphatic rings. The number of ketones is 1. The number of Topliss-reactive ketones (excluding diaryl/α,β-unsaturated/α-hetero) is 1. The number of nitrogens with two attached hydrogens (primary N) is 1. The molecule has 88 valence electrons. The van der Waals surface area contributed by atoms with Crippen molar-refractivity contribution in [3.63, 3.8) is 0 Å². The molecule has 0 saturated carbocycles. The number of benzene rings is 1. The average Bonchev–Trinajstić information content (AvgIpc) is 2.24. The second kappa shape index (κ2) is 5.70. The summed E-state index contributed by atoms with van der Waals surface area (Å²) < 4.78 is 25.5. The Kier molecular flexibility index (Phi) is 4.55. The maximum atomic E-state index is 12.9. The lowest BCUT2D eigenvalue weighted by Crippen LogP contribution is -2.31. The van der Waals surface area contributed by atoms with E-state index in [2.05, 4.69) is 0 Å². The third-order valence-electron chi connectivity index (χ3n) is 2.38. The molecular formula is C12H15F2NO. The molecule has 0 aromatic heterocycles. The fraction of sp³-hybridized carbons (Fsp3) is 0.417. The number of hydrogen-bond donors (Lipinski definition) is 1. The van der Waals surface area contributed by atoms with E-state index in [0.717, 1.165) is 18.6 Å². The number of halogens is 2. The Bertz CT molecular complexity index is 379. The van der Waals surface area contributed by atoms with Gasteiger partial charge in [0.1, 0.15) is 0 Å². The van der Waals surface area contributed by atoms with Gasteiger partial charge in [-0.3, -0.25) is 4.79 Å². The molecule has 2 nitrogen and oxygen atoms in total. The Morgan fingerprint density at radius 3 is 2.62 bits per heavy atom. The summed E-state index contributed by atoms with van der Waals surface area (Å²) in [5, 5.41) is 0. The highest BCUT2D eigenvalue weighted by atomic mass is 19.2. The molecule has 0 saturated heterocycles. The first-order valence-corrected chi connectivity index (χ1v) is 5.26. The zero-order valence-electron chi connectivity index (χ0n) is 9.17. The van der Waals surface area contributed by atoms with Crippen LogP contribution in [-0.2, 0) is 11.2 Å². The summed E-state index contributed by atoms with van der Waals surface area (Å²) in [4.78, 5) is 11.6. The van der Waals surface area contributed by atoms with E-state index in [0.29, 0.717) is 12.0 Å². The number of carbonyl (C=O) groups is 1. The summed E-state index contributed by atoms with van der Waals surface area (Å²) in [7, 11) is 0. The molecule has 0 amide bonds. The minimum atomic E-state index is -0.936. The molecule has 1 aromatic rings. The average molecular weight is 227 g/mol. The first-order chi connectivity index (χ1) is 7.54. The molecule has 0 radical (unpaired) electrons. The Morgan fingerprint density at radius 2 is 2.06 bits per heavy atom. The van der Waals surface area contributed by atoms with Crippen LogP contribution < -0.4 is 5.73 Å². The predicted octanol–water partition coefficient (Wildman–Crippen LogP) is 2.20. The van der Waals surface area contributed by atoms with Crippen LogP contribution in [0, 0.1) is 11.6 Å². The molecule has 0 fully saturated rings. The molecule has 2 N–H and O–H groups in total. The normalized spacial score (nSPS) is 12.5. The molecule has 1 aromatic carbocycles. The zero-order chi connectivity index (χ0) is 12.1. The van der Waals surface area contributed by atoms with Crippen LogP contribution in [0.2, 0.25) is 0 Å². The van der Waals surface area contributed by atoms with Gasteiger partial charge in [0.25, 0.3) is 0 Å². The lowest BCUT2D eigenvalue weighted by molar-refractivity contribution is -0.119. The van der Waals surface area contributed by atoms with Crippen molar-refractivity contribution in [2.45, 2.75) is 32.2 Å². The van der Waals surface area contributed by atoms with Gasteiger partial charge in [-0.25, -0.2) is 8.78 Å². The standard InChI is InChI=1S/C12H15F2NO/c1-2-3-11(15)12(16)7-8-4-5-9(13)10(14)6-8/h4-6,11H,2-3,7,15H2,1H3. The van der Waals surface area contributed by atoms with Gasteiger partial charge in [0.05, 0.1) is 6.04 Å². The van der Waals surface area contributed by atoms with Gasteiger partial charge in [-0.15, -0.1) is 0 Å². The van der Waals surface area contributed by atoms with E-state index < -0.39 is 17.7 Å². The summed E-state index contributed by atoms with van der Waals surface area (Å²) in [6.07, 6.45) is 1.49. The smallest absolute Gasteiger partial charge is 0.159 e. The van der Waals surface area contributed by atoms with Crippen LogP contribution in [-0.4, -0.2) is 11.8 Å². The van der Waals surface area contributed by atoms with E-state index in [1.54, 1.807) is 0 Å². The molecule has 16 heavy (non-hydrogen) atoms. The Hall–Kier alpha value is -1.29. The molecule has 1 rings (SSSR count). The summed E-state index contributed by atoms with van der Waals surface area (Å²) in [6, 6.07) is 2.93. The van der Waals surface area contributed by atoms with Gasteiger partial charge >= 0.3 is 0 Å². The van der Waals surface area contributed by atoms with Gasteiger partial charge < -0.3 is 5.73 Å². The lowest BCUT2D eigenvalue weighted by atomic mass is 10.0. The van der Waals surface area contributed by atoms with Crippen molar-refractivity contribution in [2.75, 3.05) is 0 Å². The van der Waals surface area contributed by atoms with Gasteiger partial charge in [0.15, 0.2) is 17.4 Å². The molecule has 4 heteroatoms. The van der Waals surface area contributed by atoms with E-state index in [4.69, 9.17) is 5.73 Å². The molecule has 0 aliphatic carbocycles. The van der Waals surface area contributed by atoms with Crippen molar-refractivity contribution in [3.05, 3.63) is 35.4 Å². The van der Waals surface area contributed by atoms with Crippen LogP contribution in [0.5, 0.6) is 0 Å². The van der Waals surface area contributed by atoms with E-state index in [9.17, 15) is 13.6 Å². The van der Waals surface area contributed by atoms with E-state index >= 15 is 0 Å². The highest BCUT2D eigenvalue weighted by molar-refractivity contribution is 5.85. The molecule has 1 atom stereocenters. The highest BCUT2D eigenvalue weighted by Crippen LogP contribution is 2.10. The quantitative estimate of drug-likeness (QED) is 0.838. The SMILES string of the molecule is CCCC(N)C(=O)Cc1ccc(F)c(F)c1. The summed E-state index contributed by atoms with van der Waals surface area (Å²) in [6.45, 7) is 1.94. The molecular weight excluding hydrogens is 212 g/mol. The first-order valence-electron chi connectivity index (χ1n) is 5.26. The second-order valence-corrected chi connectivity index (χ2v) is 3.79. The maximum absolute atomic E-state index is 12.9. The Labute approximate surface area is 93.5 Å². The highest BCUT2D eigenvalue weighted by Gasteiger charge is 2.13. The van der Waals surface area contributed by atoms with Crippen LogP contribution >= 0.6 is 0 Å². The minimum Gasteiger partial charge on any atom is -0.321 e. The summed E-state index contributed by atoms with van der Waals surface area (Å²) in [5.41, 5.74) is 6.08. The molecule has 0 spiro atoms. The topological polar surface area (TPSA) is 43.1 Å². The predicted molar refractivity (Wildman–Crippen MR) is 58.0 cm³/mol. The third kappa shape index (κ3) is 3.38. The first kappa shape index (κ1) is 12.8. The van der Waals surface area contributed by atoms with Gasteiger partial charge in [0, 0.05) is 6.42 Å². The van der Waals surface area contributed by atoms with Crippen LogP contribution in [0.15, 0.2) is 18.2 Å². The van der Waals surface area contributed by atoms with Crippen LogP contribution in [0.3, 0.4) is 0 Å². The number of carbonyl (C=O) groups excluding carboxylic acids is 1. The van der Waals surface area contributed by atoms with Crippen LogP contribution in [0.1, 0.15) is 25.3 Å². The van der Waals surface area contributed by atoms with E-state index in [1.165, 1.54) is 6.07 Å². The fourth-order valence-electron chi connectivity index (χ4n) is 1.45. The maximum Gasteiger partial charge on any atom is 0.159 e. The molecule has 0 heterocycles. The van der Waals surface area contributed by atoms with E-state index in [-0.39, 0.29) is 12.2 Å². The van der Waals surface area contributed by atoms with E-state index in [1.807, 2.05) is 6.92 Å². The van der Waals surface area contributed by atoms with Gasteiger partial charge in [-0.2, -0.15) is 0 Å². The molecule has 0 bridgehead atoms. The van der Waals surface area contributed by atoms with Crippen molar-refractivity contribution in [1.29, 1.82) is 0 Å². The Morgan fingerprint density at radius 1 is 1.38 bits per heavy atom. The van der Waals surface area contributed by atoms with Crippen LogP contribution in [0.25, 0.3) is 0 Å². The molecule has 1 unspecified atom stereocenters. The van der Waals surface area contributed by atoms with Gasteiger partial charge in [-0.1, -0.05) is 19.4 Å². The van der Waals surface area contributed by atoms with Crippen molar-refractivity contribution < 1.29 is 13.6 Å². The van der Waals surface area contributed by atoms with Crippen molar-refractivity contribution in [3.8, 4) is 0 Å². The van der Waals surface area contributed by atoms with Gasteiger partial charge in [0.2, 0.25) is 0 Å². The van der Waals surface area contributed by atoms with Crippen molar-refractivity contribution in [1.82, 2.24) is 0 Å². The second-order valence-electron chi connectivity index (χ2n) is 3.79. The largest absolute Gasteiger partial charge is 0.321 e. The monoisotopic (exact) mass is 227 g/mol. The van der Waals surface area contributed by atoms with Crippen LogP contribution in [0.4, 0.5) is 8.78 Å². The minimum absolute atomic E-state index is 0.0539. The van der Waals surface area contributed by atoms with Crippen molar-refractivity contribution >= 4 is 5.78 Å². The fourth-order valence-corrected chi connectivity index (χ4v) is 1.45. The van der Waals surface area contributed by atoms with Gasteiger partial charge in [-0.05, 0) is 24.1 Å². The lowest BCUT2D eigenvalue weighted by Gasteiger charge is -2.09. The Balaban J connectivity index is 2.66. The summed E-state index contributed by atoms with van der Waals surface area (Å²) in [5.74, 6) is -1.99. The molecule has 0 aliphatic heterocycles.